The van der Waals surface area contributed by atoms with Crippen molar-refractivity contribution in [2.45, 2.75) is 5.79 Å². The highest BCUT2D eigenvalue weighted by Crippen LogP contribution is 2.17. The van der Waals surface area contributed by atoms with Gasteiger partial charge in [0.1, 0.15) is 6.54 Å². The minimum absolute atomic E-state index is 0.0297. The van der Waals surface area contributed by atoms with Crippen molar-refractivity contribution >= 4 is 11.9 Å². The first-order chi connectivity index (χ1) is 7.44. The van der Waals surface area contributed by atoms with Gasteiger partial charge in [0.15, 0.2) is 0 Å². The number of aliphatic hydroxyl groups is 2. The topological polar surface area (TPSA) is 107 Å². The molecular weight excluding hydrogens is 214 g/mol. The normalized spacial score (nSPS) is 10.9. The van der Waals surface area contributed by atoms with Crippen LogP contribution in [0.15, 0.2) is 30.3 Å². The quantitative estimate of drug-likeness (QED) is 0.493. The molecule has 4 N–H and O–H groups in total. The molecule has 0 bridgehead atoms. The molecule has 6 heteroatoms. The van der Waals surface area contributed by atoms with Gasteiger partial charge in [0.25, 0.3) is 11.7 Å². The van der Waals surface area contributed by atoms with Gasteiger partial charge in [-0.1, -0.05) is 30.3 Å². The number of amides is 1. The van der Waals surface area contributed by atoms with Crippen molar-refractivity contribution in [3.63, 3.8) is 0 Å². The summed E-state index contributed by atoms with van der Waals surface area (Å²) in [5.41, 5.74) is -0.0297. The SMILES string of the molecule is O=C(O)CNC(=O)C(O)(O)c1ccccc1. The molecule has 0 saturated heterocycles. The molecule has 6 nitrogen and oxygen atoms in total. The van der Waals surface area contributed by atoms with E-state index in [1.54, 1.807) is 6.07 Å². The van der Waals surface area contributed by atoms with Crippen LogP contribution in [0, 0.1) is 0 Å². The average molecular weight is 225 g/mol. The lowest BCUT2D eigenvalue weighted by Crippen LogP contribution is -2.45. The second-order valence-electron chi connectivity index (χ2n) is 3.11. The largest absolute Gasteiger partial charge is 0.480 e. The third kappa shape index (κ3) is 2.78. The van der Waals surface area contributed by atoms with Gasteiger partial charge in [-0.2, -0.15) is 0 Å². The van der Waals surface area contributed by atoms with E-state index < -0.39 is 24.2 Å². The van der Waals surface area contributed by atoms with E-state index in [1.165, 1.54) is 24.3 Å². The summed E-state index contributed by atoms with van der Waals surface area (Å²) in [4.78, 5) is 21.5. The number of rotatable bonds is 4. The molecule has 1 rings (SSSR count). The number of hydrogen-bond acceptors (Lipinski definition) is 4. The van der Waals surface area contributed by atoms with Crippen LogP contribution in [-0.4, -0.2) is 33.7 Å². The van der Waals surface area contributed by atoms with Gasteiger partial charge in [0.2, 0.25) is 0 Å². The summed E-state index contributed by atoms with van der Waals surface area (Å²) in [5, 5.41) is 29.2. The highest BCUT2D eigenvalue weighted by atomic mass is 16.5. The average Bonchev–Trinajstić information content (AvgIpc) is 2.27. The van der Waals surface area contributed by atoms with Crippen LogP contribution in [0.3, 0.4) is 0 Å². The summed E-state index contributed by atoms with van der Waals surface area (Å²) in [6, 6.07) is 7.40. The predicted octanol–water partition coefficient (Wildman–Crippen LogP) is -0.975. The van der Waals surface area contributed by atoms with Gasteiger partial charge in [-0.25, -0.2) is 0 Å². The van der Waals surface area contributed by atoms with Gasteiger partial charge >= 0.3 is 5.97 Å². The second kappa shape index (κ2) is 4.73. The van der Waals surface area contributed by atoms with E-state index in [0.717, 1.165) is 0 Å². The van der Waals surface area contributed by atoms with Crippen LogP contribution in [0.1, 0.15) is 5.56 Å². The molecule has 0 heterocycles. The summed E-state index contributed by atoms with van der Waals surface area (Å²) in [5.74, 6) is -5.17. The lowest BCUT2D eigenvalue weighted by atomic mass is 10.1. The van der Waals surface area contributed by atoms with Crippen LogP contribution < -0.4 is 5.32 Å². The van der Waals surface area contributed by atoms with Crippen LogP contribution >= 0.6 is 0 Å². The van der Waals surface area contributed by atoms with E-state index >= 15 is 0 Å². The van der Waals surface area contributed by atoms with Crippen LogP contribution in [0.4, 0.5) is 0 Å². The summed E-state index contributed by atoms with van der Waals surface area (Å²) in [6.07, 6.45) is 0. The first-order valence-electron chi connectivity index (χ1n) is 4.45. The molecule has 86 valence electrons. The van der Waals surface area contributed by atoms with E-state index in [1.807, 2.05) is 5.32 Å². The minimum Gasteiger partial charge on any atom is -0.480 e. The lowest BCUT2D eigenvalue weighted by Gasteiger charge is -2.20. The number of nitrogens with one attached hydrogen (secondary N) is 1. The molecule has 0 unspecified atom stereocenters. The zero-order chi connectivity index (χ0) is 12.2. The summed E-state index contributed by atoms with van der Waals surface area (Å²) >= 11 is 0. The molecule has 0 saturated carbocycles. The molecule has 0 aliphatic heterocycles. The number of carboxylic acids is 1. The van der Waals surface area contributed by atoms with Gasteiger partial charge in [-0.05, 0) is 0 Å². The third-order valence-electron chi connectivity index (χ3n) is 1.89. The van der Waals surface area contributed by atoms with Gasteiger partial charge in [0, 0.05) is 5.56 Å². The smallest absolute Gasteiger partial charge is 0.322 e. The van der Waals surface area contributed by atoms with Crippen molar-refractivity contribution in [2.75, 3.05) is 6.54 Å². The van der Waals surface area contributed by atoms with E-state index in [4.69, 9.17) is 5.11 Å². The summed E-state index contributed by atoms with van der Waals surface area (Å²) < 4.78 is 0. The maximum atomic E-state index is 11.3. The number of aliphatic carboxylic acids is 1. The van der Waals surface area contributed by atoms with Crippen molar-refractivity contribution in [3.8, 4) is 0 Å². The molecule has 0 atom stereocenters. The summed E-state index contributed by atoms with van der Waals surface area (Å²) in [6.45, 7) is -0.672. The maximum absolute atomic E-state index is 11.3. The maximum Gasteiger partial charge on any atom is 0.322 e. The first kappa shape index (κ1) is 12.2. The van der Waals surface area contributed by atoms with E-state index in [0.29, 0.717) is 0 Å². The Morgan fingerprint density at radius 1 is 1.19 bits per heavy atom. The Hall–Kier alpha value is -1.92. The van der Waals surface area contributed by atoms with Crippen molar-refractivity contribution in [1.29, 1.82) is 0 Å². The monoisotopic (exact) mass is 225 g/mol. The summed E-state index contributed by atoms with van der Waals surface area (Å²) in [7, 11) is 0. The molecule has 1 amide bonds. The van der Waals surface area contributed by atoms with E-state index in [-0.39, 0.29) is 5.56 Å². The Kier molecular flexibility index (Phi) is 3.60. The van der Waals surface area contributed by atoms with Crippen molar-refractivity contribution < 1.29 is 24.9 Å². The Morgan fingerprint density at radius 3 is 2.25 bits per heavy atom. The first-order valence-corrected chi connectivity index (χ1v) is 4.45. The Balaban J connectivity index is 2.78. The Morgan fingerprint density at radius 2 is 1.75 bits per heavy atom. The van der Waals surface area contributed by atoms with Gasteiger partial charge in [-0.15, -0.1) is 0 Å². The molecule has 0 radical (unpaired) electrons. The fourth-order valence-electron chi connectivity index (χ4n) is 1.08. The molecule has 0 aliphatic carbocycles. The molecular formula is C10H11NO5. The molecule has 1 aromatic carbocycles. The van der Waals surface area contributed by atoms with Crippen molar-refractivity contribution in [3.05, 3.63) is 35.9 Å². The number of carbonyl (C=O) groups excluding carboxylic acids is 1. The molecule has 0 aliphatic rings. The zero-order valence-corrected chi connectivity index (χ0v) is 8.25. The molecule has 0 aromatic heterocycles. The van der Waals surface area contributed by atoms with Crippen LogP contribution in [0.2, 0.25) is 0 Å². The van der Waals surface area contributed by atoms with Crippen molar-refractivity contribution in [2.24, 2.45) is 0 Å². The molecule has 0 spiro atoms. The minimum atomic E-state index is -2.73. The van der Waals surface area contributed by atoms with Crippen LogP contribution in [-0.2, 0) is 15.4 Å². The zero-order valence-electron chi connectivity index (χ0n) is 8.25. The van der Waals surface area contributed by atoms with Gasteiger partial charge in [0.05, 0.1) is 0 Å². The highest BCUT2D eigenvalue weighted by molar-refractivity contribution is 5.87. The van der Waals surface area contributed by atoms with Gasteiger partial charge < -0.3 is 20.6 Å². The lowest BCUT2D eigenvalue weighted by molar-refractivity contribution is -0.190. The number of benzene rings is 1. The molecule has 0 fully saturated rings. The molecule has 16 heavy (non-hydrogen) atoms. The van der Waals surface area contributed by atoms with Crippen LogP contribution in [0.25, 0.3) is 0 Å². The Labute approximate surface area is 91.1 Å². The fourth-order valence-corrected chi connectivity index (χ4v) is 1.08. The number of hydrogen-bond donors (Lipinski definition) is 4. The third-order valence-corrected chi connectivity index (χ3v) is 1.89. The predicted molar refractivity (Wildman–Crippen MR) is 53.2 cm³/mol. The second-order valence-corrected chi connectivity index (χ2v) is 3.11. The fraction of sp³-hybridized carbons (Fsp3) is 0.200. The standard InChI is InChI=1S/C10H11NO5/c12-8(13)6-11-9(14)10(15,16)7-4-2-1-3-5-7/h1-5,15-16H,6H2,(H,11,14)(H,12,13). The van der Waals surface area contributed by atoms with E-state index in [2.05, 4.69) is 0 Å². The number of carboxylic acid groups (broad SMARTS) is 1. The highest BCUT2D eigenvalue weighted by Gasteiger charge is 2.35. The molecule has 1 aromatic rings. The van der Waals surface area contributed by atoms with Crippen LogP contribution in [0.5, 0.6) is 0 Å². The van der Waals surface area contributed by atoms with E-state index in [9.17, 15) is 19.8 Å². The van der Waals surface area contributed by atoms with Crippen molar-refractivity contribution in [1.82, 2.24) is 5.32 Å². The van der Waals surface area contributed by atoms with Gasteiger partial charge in [-0.3, -0.25) is 9.59 Å². The Bertz CT molecular complexity index is 387. The number of carbonyl (C=O) groups is 2.